The fraction of sp³-hybridized carbons (Fsp3) is 0.280. The number of benzene rings is 3. The van der Waals surface area contributed by atoms with Crippen LogP contribution >= 0.6 is 23.2 Å². The van der Waals surface area contributed by atoms with Gasteiger partial charge in [0.05, 0.1) is 16.7 Å². The van der Waals surface area contributed by atoms with Gasteiger partial charge in [0.2, 0.25) is 0 Å². The number of hydrogen-bond donors (Lipinski definition) is 2. The van der Waals surface area contributed by atoms with Crippen LogP contribution < -0.4 is 5.32 Å². The summed E-state index contributed by atoms with van der Waals surface area (Å²) in [6.45, 7) is 2.27. The summed E-state index contributed by atoms with van der Waals surface area (Å²) in [6, 6.07) is 23.4. The molecule has 29 heavy (non-hydrogen) atoms. The smallest absolute Gasteiger partial charge is 0.0681 e. The molecule has 0 radical (unpaired) electrons. The molecule has 0 spiro atoms. The van der Waals surface area contributed by atoms with Gasteiger partial charge in [-0.25, -0.2) is 0 Å². The third-order valence-corrected chi connectivity index (χ3v) is 6.69. The van der Waals surface area contributed by atoms with Gasteiger partial charge in [0.25, 0.3) is 0 Å². The van der Waals surface area contributed by atoms with Gasteiger partial charge in [-0.1, -0.05) is 77.8 Å². The molecular weight excluding hydrogens is 401 g/mol. The number of nitrogens with one attached hydrogen (secondary N) is 1. The van der Waals surface area contributed by atoms with E-state index < -0.39 is 0 Å². The molecule has 0 aliphatic heterocycles. The van der Waals surface area contributed by atoms with Gasteiger partial charge in [-0.15, -0.1) is 0 Å². The lowest BCUT2D eigenvalue weighted by atomic mass is 9.76. The quantitative estimate of drug-likeness (QED) is 0.470. The maximum absolute atomic E-state index is 9.26. The van der Waals surface area contributed by atoms with Crippen molar-refractivity contribution in [1.82, 2.24) is 5.32 Å². The highest BCUT2D eigenvalue weighted by Crippen LogP contribution is 2.43. The molecule has 4 rings (SSSR count). The van der Waals surface area contributed by atoms with Crippen molar-refractivity contribution < 1.29 is 5.11 Å². The normalized spacial score (nSPS) is 19.6. The lowest BCUT2D eigenvalue weighted by molar-refractivity contribution is 0.282. The number of aliphatic hydroxyl groups excluding tert-OH is 1. The van der Waals surface area contributed by atoms with Gasteiger partial charge in [0.1, 0.15) is 0 Å². The fourth-order valence-corrected chi connectivity index (χ4v) is 4.65. The van der Waals surface area contributed by atoms with E-state index in [1.165, 1.54) is 22.3 Å². The van der Waals surface area contributed by atoms with Gasteiger partial charge in [-0.2, -0.15) is 0 Å². The molecule has 4 heteroatoms. The Morgan fingerprint density at radius 3 is 2.34 bits per heavy atom. The third-order valence-electron chi connectivity index (χ3n) is 5.95. The zero-order valence-electron chi connectivity index (χ0n) is 16.4. The summed E-state index contributed by atoms with van der Waals surface area (Å²) in [5.74, 6) is 0.332. The maximum atomic E-state index is 9.26. The maximum Gasteiger partial charge on any atom is 0.0681 e. The summed E-state index contributed by atoms with van der Waals surface area (Å²) < 4.78 is 0. The lowest BCUT2D eigenvalue weighted by Gasteiger charge is -2.34. The number of halogens is 2. The predicted molar refractivity (Wildman–Crippen MR) is 121 cm³/mol. The Morgan fingerprint density at radius 2 is 1.66 bits per heavy atom. The summed E-state index contributed by atoms with van der Waals surface area (Å²) >= 11 is 12.4. The van der Waals surface area contributed by atoms with Crippen LogP contribution in [0.5, 0.6) is 0 Å². The summed E-state index contributed by atoms with van der Waals surface area (Å²) in [7, 11) is 0. The van der Waals surface area contributed by atoms with Gasteiger partial charge >= 0.3 is 0 Å². The Balaban J connectivity index is 1.58. The first-order chi connectivity index (χ1) is 14.1. The standard InChI is InChI=1S/C25H25Cl2NO/c1-16(18-8-6-17(15-29)7-9-18)28-25-13-11-20(21-4-2-3-5-22(21)25)19-10-12-23(26)24(27)14-19/h2-10,12,14,16,20,25,28-29H,11,13,15H2,1H3/t16-,20?,25-/m1/s1. The Bertz CT molecular complexity index is 986. The number of hydrogen-bond acceptors (Lipinski definition) is 2. The monoisotopic (exact) mass is 425 g/mol. The largest absolute Gasteiger partial charge is 0.392 e. The van der Waals surface area contributed by atoms with Crippen molar-refractivity contribution in [3.05, 3.63) is 105 Å². The molecule has 0 saturated carbocycles. The molecule has 150 valence electrons. The van der Waals surface area contributed by atoms with Crippen LogP contribution in [0.3, 0.4) is 0 Å². The molecule has 0 fully saturated rings. The first kappa shape index (κ1) is 20.4. The lowest BCUT2D eigenvalue weighted by Crippen LogP contribution is -2.29. The minimum absolute atomic E-state index is 0.0776. The van der Waals surface area contributed by atoms with Crippen molar-refractivity contribution in [2.24, 2.45) is 0 Å². The minimum atomic E-state index is 0.0776. The first-order valence-electron chi connectivity index (χ1n) is 10.1. The second-order valence-electron chi connectivity index (χ2n) is 7.77. The Labute approximate surface area is 182 Å². The second-order valence-corrected chi connectivity index (χ2v) is 8.59. The molecule has 3 atom stereocenters. The van der Waals surface area contributed by atoms with Crippen LogP contribution in [0.4, 0.5) is 0 Å². The molecule has 0 heterocycles. The Morgan fingerprint density at radius 1 is 0.931 bits per heavy atom. The van der Waals surface area contributed by atoms with Crippen LogP contribution in [0.25, 0.3) is 0 Å². The zero-order valence-corrected chi connectivity index (χ0v) is 17.9. The highest BCUT2D eigenvalue weighted by Gasteiger charge is 2.29. The van der Waals surface area contributed by atoms with Crippen LogP contribution in [0.2, 0.25) is 10.0 Å². The average Bonchev–Trinajstić information content (AvgIpc) is 2.76. The average molecular weight is 426 g/mol. The molecule has 3 aromatic carbocycles. The van der Waals surface area contributed by atoms with Crippen molar-refractivity contribution in [3.8, 4) is 0 Å². The molecule has 0 amide bonds. The van der Waals surface area contributed by atoms with Crippen molar-refractivity contribution in [2.45, 2.75) is 44.4 Å². The van der Waals surface area contributed by atoms with E-state index in [0.717, 1.165) is 18.4 Å². The highest BCUT2D eigenvalue weighted by molar-refractivity contribution is 6.42. The number of aliphatic hydroxyl groups is 1. The van der Waals surface area contributed by atoms with Crippen molar-refractivity contribution in [2.75, 3.05) is 0 Å². The first-order valence-corrected chi connectivity index (χ1v) is 10.8. The molecular formula is C25H25Cl2NO. The summed E-state index contributed by atoms with van der Waals surface area (Å²) in [5, 5.41) is 14.3. The fourth-order valence-electron chi connectivity index (χ4n) is 4.35. The van der Waals surface area contributed by atoms with Crippen LogP contribution in [0.15, 0.2) is 66.7 Å². The van der Waals surface area contributed by atoms with E-state index in [1.54, 1.807) is 0 Å². The van der Waals surface area contributed by atoms with E-state index in [-0.39, 0.29) is 12.6 Å². The number of fused-ring (bicyclic) bond motifs is 1. The minimum Gasteiger partial charge on any atom is -0.392 e. The Kier molecular flexibility index (Phi) is 6.26. The van der Waals surface area contributed by atoms with Crippen LogP contribution in [-0.2, 0) is 6.61 Å². The summed E-state index contributed by atoms with van der Waals surface area (Å²) in [6.07, 6.45) is 2.11. The molecule has 0 bridgehead atoms. The number of rotatable bonds is 5. The van der Waals surface area contributed by atoms with Gasteiger partial charge in [0.15, 0.2) is 0 Å². The van der Waals surface area contributed by atoms with Gasteiger partial charge in [-0.05, 0) is 59.7 Å². The molecule has 0 aromatic heterocycles. The van der Waals surface area contributed by atoms with Gasteiger partial charge in [-0.3, -0.25) is 0 Å². The third kappa shape index (κ3) is 4.36. The molecule has 2 N–H and O–H groups in total. The molecule has 0 saturated heterocycles. The molecule has 3 aromatic rings. The van der Waals surface area contributed by atoms with Crippen LogP contribution in [0, 0.1) is 0 Å². The SMILES string of the molecule is C[C@@H](N[C@@H]1CCC(c2ccc(Cl)c(Cl)c2)c2ccccc21)c1ccc(CO)cc1. The van der Waals surface area contributed by atoms with Gasteiger partial charge < -0.3 is 10.4 Å². The van der Waals surface area contributed by atoms with Gasteiger partial charge in [0, 0.05) is 18.0 Å². The molecule has 1 aliphatic carbocycles. The summed E-state index contributed by atoms with van der Waals surface area (Å²) in [4.78, 5) is 0. The molecule has 1 aliphatic rings. The van der Waals surface area contributed by atoms with Crippen LogP contribution in [0.1, 0.15) is 65.6 Å². The molecule has 2 nitrogen and oxygen atoms in total. The van der Waals surface area contributed by atoms with E-state index in [2.05, 4.69) is 54.7 Å². The van der Waals surface area contributed by atoms with E-state index in [4.69, 9.17) is 23.2 Å². The second kappa shape index (κ2) is 8.89. The topological polar surface area (TPSA) is 32.3 Å². The predicted octanol–water partition coefficient (Wildman–Crippen LogP) is 6.80. The zero-order chi connectivity index (χ0) is 20.4. The van der Waals surface area contributed by atoms with E-state index in [0.29, 0.717) is 22.0 Å². The van der Waals surface area contributed by atoms with Crippen molar-refractivity contribution >= 4 is 23.2 Å². The van der Waals surface area contributed by atoms with E-state index in [9.17, 15) is 5.11 Å². The summed E-state index contributed by atoms with van der Waals surface area (Å²) in [5.41, 5.74) is 6.10. The molecule has 1 unspecified atom stereocenters. The van der Waals surface area contributed by atoms with Crippen molar-refractivity contribution in [1.29, 1.82) is 0 Å². The highest BCUT2D eigenvalue weighted by atomic mass is 35.5. The van der Waals surface area contributed by atoms with E-state index in [1.807, 2.05) is 24.3 Å². The van der Waals surface area contributed by atoms with Crippen molar-refractivity contribution in [3.63, 3.8) is 0 Å². The Hall–Kier alpha value is -1.84. The van der Waals surface area contributed by atoms with E-state index >= 15 is 0 Å². The van der Waals surface area contributed by atoms with Crippen LogP contribution in [-0.4, -0.2) is 5.11 Å².